The molecule has 2 amide bonds. The molecule has 0 radical (unpaired) electrons. The highest BCUT2D eigenvalue weighted by Crippen LogP contribution is 2.23. The number of carbonyl (C=O) groups is 4. The second-order valence-electron chi connectivity index (χ2n) is 9.54. The summed E-state index contributed by atoms with van der Waals surface area (Å²) in [6, 6.07) is 0. The molecule has 1 aliphatic heterocycles. The van der Waals surface area contributed by atoms with Crippen molar-refractivity contribution in [1.82, 2.24) is 5.32 Å². The fourth-order valence-electron chi connectivity index (χ4n) is 4.27. The first-order valence-electron chi connectivity index (χ1n) is 12.4. The minimum atomic E-state index is -0.994. The first kappa shape index (κ1) is 31.4. The quantitative estimate of drug-likeness (QED) is 0.108. The van der Waals surface area contributed by atoms with Crippen LogP contribution in [0.3, 0.4) is 0 Å². The van der Waals surface area contributed by atoms with E-state index in [0.29, 0.717) is 44.1 Å². The highest BCUT2D eigenvalue weighted by molar-refractivity contribution is 5.97. The predicted molar refractivity (Wildman–Crippen MR) is 135 cm³/mol. The Kier molecular flexibility index (Phi) is 14.1. The maximum atomic E-state index is 12.6. The molecule has 0 aliphatic carbocycles. The smallest absolute Gasteiger partial charge is 0.327 e. The lowest BCUT2D eigenvalue weighted by Crippen LogP contribution is -2.38. The molecule has 0 aromatic heterocycles. The van der Waals surface area contributed by atoms with E-state index in [-0.39, 0.29) is 35.9 Å². The van der Waals surface area contributed by atoms with Crippen LogP contribution in [-0.2, 0) is 23.9 Å². The number of carboxylic acid groups (broad SMARTS) is 1. The molecule has 1 aliphatic rings. The fraction of sp³-hybridized carbons (Fsp3) is 0.630. The third kappa shape index (κ3) is 11.4. The molecule has 1 rings (SSSR count). The van der Waals surface area contributed by atoms with Gasteiger partial charge < -0.3 is 20.1 Å². The minimum absolute atomic E-state index is 0.0489. The third-order valence-electron chi connectivity index (χ3n) is 6.47. The van der Waals surface area contributed by atoms with Gasteiger partial charge >= 0.3 is 5.97 Å². The van der Waals surface area contributed by atoms with E-state index in [9.17, 15) is 29.4 Å². The van der Waals surface area contributed by atoms with Crippen molar-refractivity contribution in [2.24, 2.45) is 17.8 Å². The van der Waals surface area contributed by atoms with Crippen LogP contribution in [0.5, 0.6) is 0 Å². The Bertz CT molecular complexity index is 831. The van der Waals surface area contributed by atoms with Crippen molar-refractivity contribution >= 4 is 23.6 Å². The zero-order valence-corrected chi connectivity index (χ0v) is 21.7. The van der Waals surface area contributed by atoms with Crippen molar-refractivity contribution < 1.29 is 39.2 Å². The zero-order chi connectivity index (χ0) is 27.3. The van der Waals surface area contributed by atoms with Crippen LogP contribution in [0.15, 0.2) is 36.0 Å². The van der Waals surface area contributed by atoms with Gasteiger partial charge in [0.2, 0.25) is 11.8 Å². The maximum absolute atomic E-state index is 12.6. The van der Waals surface area contributed by atoms with Gasteiger partial charge in [-0.2, -0.15) is 0 Å². The summed E-state index contributed by atoms with van der Waals surface area (Å²) < 4.78 is 5.37. The first-order valence-corrected chi connectivity index (χ1v) is 12.4. The number of nitrogens with one attached hydrogen (secondary N) is 1. The number of aliphatic hydroxyl groups excluding tert-OH is 2. The monoisotopic (exact) mass is 507 g/mol. The molecular formula is C27H41NO8. The van der Waals surface area contributed by atoms with Gasteiger partial charge in [0.05, 0.1) is 12.2 Å². The van der Waals surface area contributed by atoms with Crippen molar-refractivity contribution in [3.05, 3.63) is 36.0 Å². The van der Waals surface area contributed by atoms with E-state index in [1.165, 1.54) is 7.11 Å². The summed E-state index contributed by atoms with van der Waals surface area (Å²) in [5.41, 5.74) is 0.578. The van der Waals surface area contributed by atoms with Gasteiger partial charge in [-0.05, 0) is 44.1 Å². The number of aliphatic carboxylic acids is 1. The summed E-state index contributed by atoms with van der Waals surface area (Å²) in [5, 5.41) is 32.3. The molecule has 0 aromatic rings. The molecule has 36 heavy (non-hydrogen) atoms. The number of aliphatic hydroxyl groups is 2. The lowest BCUT2D eigenvalue weighted by atomic mass is 9.87. The molecule has 0 unspecified atom stereocenters. The highest BCUT2D eigenvalue weighted by atomic mass is 16.5. The summed E-state index contributed by atoms with van der Waals surface area (Å²) in [6.07, 6.45) is 8.60. The van der Waals surface area contributed by atoms with Crippen molar-refractivity contribution in [2.45, 2.75) is 84.0 Å². The number of hydrogen-bond acceptors (Lipinski definition) is 7. The Morgan fingerprint density at radius 3 is 2.31 bits per heavy atom. The second kappa shape index (κ2) is 16.2. The number of piperidine rings is 1. The van der Waals surface area contributed by atoms with Gasteiger partial charge in [0.25, 0.3) is 0 Å². The number of Topliss-reactive ketones (excluding diaryl/α,β-unsaturated/α-hetero) is 1. The van der Waals surface area contributed by atoms with Crippen molar-refractivity contribution in [3.8, 4) is 0 Å². The van der Waals surface area contributed by atoms with Gasteiger partial charge in [0.15, 0.2) is 0 Å². The number of allylic oxidation sites excluding steroid dienone is 2. The Balaban J connectivity index is 2.57. The predicted octanol–water partition coefficient (Wildman–Crippen LogP) is 2.71. The van der Waals surface area contributed by atoms with E-state index in [1.807, 2.05) is 6.08 Å². The summed E-state index contributed by atoms with van der Waals surface area (Å²) >= 11 is 0. The lowest BCUT2D eigenvalue weighted by Gasteiger charge is -2.25. The molecule has 1 saturated heterocycles. The van der Waals surface area contributed by atoms with E-state index >= 15 is 0 Å². The van der Waals surface area contributed by atoms with Gasteiger partial charge in [-0.15, -0.1) is 0 Å². The molecule has 0 saturated carbocycles. The molecule has 0 aromatic carbocycles. The number of unbranched alkanes of at least 4 members (excludes halogenated alkanes) is 1. The van der Waals surface area contributed by atoms with Crippen LogP contribution < -0.4 is 5.32 Å². The minimum Gasteiger partial charge on any atom is -0.478 e. The number of rotatable bonds is 16. The summed E-state index contributed by atoms with van der Waals surface area (Å²) in [6.45, 7) is 5.18. The average Bonchev–Trinajstić information content (AvgIpc) is 2.81. The van der Waals surface area contributed by atoms with E-state index in [0.717, 1.165) is 6.08 Å². The van der Waals surface area contributed by atoms with Gasteiger partial charge in [0.1, 0.15) is 11.9 Å². The Morgan fingerprint density at radius 1 is 1.11 bits per heavy atom. The number of carboxylic acids is 1. The van der Waals surface area contributed by atoms with E-state index in [1.54, 1.807) is 39.0 Å². The average molecular weight is 508 g/mol. The third-order valence-corrected chi connectivity index (χ3v) is 6.47. The molecule has 202 valence electrons. The number of ether oxygens (including phenoxy) is 1. The number of methoxy groups -OCH3 is 1. The number of hydrogen-bond donors (Lipinski definition) is 4. The standard InChI is InChI=1S/C27H41NO8/c1-17(14-18(2)27(35)22(36-4)12-7-5-6-8-13-25(32)33)26(34)19(3)21(29)11-9-10-20-15-23(30)28-24(31)16-20/h7-8,12-14,18-20,22,26-27,34-35H,5-6,9-11,15-16H2,1-4H3,(H,32,33)(H,28,30,31)/b12-7+,13-8+,17-14+/t18-,19-,22+,26+,27+/m0/s1. The largest absolute Gasteiger partial charge is 0.478 e. The van der Waals surface area contributed by atoms with Crippen molar-refractivity contribution in [3.63, 3.8) is 0 Å². The maximum Gasteiger partial charge on any atom is 0.327 e. The van der Waals surface area contributed by atoms with Crippen LogP contribution in [0.4, 0.5) is 0 Å². The summed E-state index contributed by atoms with van der Waals surface area (Å²) in [5.74, 6) is -2.68. The van der Waals surface area contributed by atoms with Gasteiger partial charge in [0, 0.05) is 44.3 Å². The summed E-state index contributed by atoms with van der Waals surface area (Å²) in [7, 11) is 1.48. The number of carbonyl (C=O) groups excluding carboxylic acids is 3. The molecule has 5 atom stereocenters. The van der Waals surface area contributed by atoms with Crippen LogP contribution in [0.25, 0.3) is 0 Å². The van der Waals surface area contributed by atoms with E-state index in [4.69, 9.17) is 9.84 Å². The number of ketones is 1. The Labute approximate surface area is 213 Å². The van der Waals surface area contributed by atoms with E-state index < -0.39 is 30.2 Å². The molecule has 1 fully saturated rings. The van der Waals surface area contributed by atoms with Gasteiger partial charge in [-0.1, -0.05) is 38.2 Å². The SMILES string of the molecule is CO[C@H](/C=C/CC/C=C/C(=O)O)[C@H](O)[C@@H](C)/C=C(\C)[C@@H](O)[C@@H](C)C(=O)CCCC1CC(=O)NC(=O)C1. The fourth-order valence-corrected chi connectivity index (χ4v) is 4.27. The van der Waals surface area contributed by atoms with Gasteiger partial charge in [-0.3, -0.25) is 19.7 Å². The van der Waals surface area contributed by atoms with Crippen LogP contribution in [0.1, 0.15) is 65.7 Å². The molecule has 9 nitrogen and oxygen atoms in total. The van der Waals surface area contributed by atoms with Crippen molar-refractivity contribution in [1.29, 1.82) is 0 Å². The normalized spacial score (nSPS) is 19.8. The topological polar surface area (TPSA) is 150 Å². The van der Waals surface area contributed by atoms with Gasteiger partial charge in [-0.25, -0.2) is 4.79 Å². The molecule has 0 bridgehead atoms. The number of imide groups is 1. The molecule has 0 spiro atoms. The number of amides is 2. The van der Waals surface area contributed by atoms with Crippen LogP contribution in [0.2, 0.25) is 0 Å². The zero-order valence-electron chi connectivity index (χ0n) is 21.7. The Hall–Kier alpha value is -2.62. The second-order valence-corrected chi connectivity index (χ2v) is 9.54. The summed E-state index contributed by atoms with van der Waals surface area (Å²) in [4.78, 5) is 46.0. The molecule has 9 heteroatoms. The Morgan fingerprint density at radius 2 is 1.72 bits per heavy atom. The highest BCUT2D eigenvalue weighted by Gasteiger charge is 2.27. The first-order chi connectivity index (χ1) is 17.0. The van der Waals surface area contributed by atoms with Crippen LogP contribution in [0, 0.1) is 17.8 Å². The van der Waals surface area contributed by atoms with E-state index in [2.05, 4.69) is 5.32 Å². The lowest BCUT2D eigenvalue weighted by molar-refractivity contribution is -0.135. The molecule has 1 heterocycles. The van der Waals surface area contributed by atoms with Crippen molar-refractivity contribution in [2.75, 3.05) is 7.11 Å². The van der Waals surface area contributed by atoms with Crippen LogP contribution >= 0.6 is 0 Å². The molecular weight excluding hydrogens is 466 g/mol. The van der Waals surface area contributed by atoms with Crippen LogP contribution in [-0.4, -0.2) is 64.3 Å². The molecule has 4 N–H and O–H groups in total.